The molecule has 0 aromatic heterocycles. The first kappa shape index (κ1) is 25.4. The fourth-order valence-electron chi connectivity index (χ4n) is 3.98. The lowest BCUT2D eigenvalue weighted by atomic mass is 10.1. The lowest BCUT2D eigenvalue weighted by Crippen LogP contribution is -2.49. The number of amides is 1. The van der Waals surface area contributed by atoms with Crippen molar-refractivity contribution in [1.29, 1.82) is 0 Å². The van der Waals surface area contributed by atoms with E-state index in [1.807, 2.05) is 11.8 Å². The molecule has 1 heterocycles. The van der Waals surface area contributed by atoms with E-state index in [1.165, 1.54) is 16.4 Å². The first-order chi connectivity index (χ1) is 16.2. The molecule has 11 heteroatoms. The average Bonchev–Trinajstić information content (AvgIpc) is 2.84. The van der Waals surface area contributed by atoms with Gasteiger partial charge in [-0.2, -0.15) is 4.31 Å². The van der Waals surface area contributed by atoms with Crippen LogP contribution in [0.15, 0.2) is 47.4 Å². The summed E-state index contributed by atoms with van der Waals surface area (Å²) in [5.41, 5.74) is 0.630. The minimum Gasteiger partial charge on any atom is -0.494 e. The molecular weight excluding hydrogens is 460 g/mol. The highest BCUT2D eigenvalue weighted by molar-refractivity contribution is 7.89. The smallest absolute Gasteiger partial charge is 0.293 e. The van der Waals surface area contributed by atoms with E-state index in [0.29, 0.717) is 49.8 Å². The number of sulfonamides is 1. The number of nitrogens with zero attached hydrogens (tertiary/aromatic N) is 4. The first-order valence-corrected chi connectivity index (χ1v) is 12.7. The highest BCUT2D eigenvalue weighted by Crippen LogP contribution is 2.32. The Morgan fingerprint density at radius 1 is 1.03 bits per heavy atom. The van der Waals surface area contributed by atoms with Crippen LogP contribution in [0.1, 0.15) is 31.1 Å². The number of benzene rings is 2. The van der Waals surface area contributed by atoms with E-state index < -0.39 is 14.9 Å². The largest absolute Gasteiger partial charge is 0.494 e. The molecule has 0 bridgehead atoms. The molecule has 10 nitrogen and oxygen atoms in total. The number of anilines is 1. The van der Waals surface area contributed by atoms with Crippen molar-refractivity contribution in [3.8, 4) is 5.75 Å². The number of carbonyl (C=O) groups excluding carboxylic acids is 1. The number of carbonyl (C=O) groups is 1. The molecule has 1 saturated heterocycles. The van der Waals surface area contributed by atoms with Crippen molar-refractivity contribution in [2.75, 3.05) is 50.8 Å². The van der Waals surface area contributed by atoms with Crippen LogP contribution in [0.4, 0.5) is 11.4 Å². The molecule has 3 rings (SSSR count). The van der Waals surface area contributed by atoms with Gasteiger partial charge in [-0.05, 0) is 43.3 Å². The van der Waals surface area contributed by atoms with Gasteiger partial charge in [-0.1, -0.05) is 13.8 Å². The molecule has 2 aromatic rings. The number of piperazine rings is 1. The Morgan fingerprint density at radius 3 is 2.18 bits per heavy atom. The molecule has 1 aliphatic rings. The Labute approximate surface area is 199 Å². The zero-order valence-electron chi connectivity index (χ0n) is 19.6. The second-order valence-electron chi connectivity index (χ2n) is 7.73. The highest BCUT2D eigenvalue weighted by atomic mass is 32.2. The van der Waals surface area contributed by atoms with Gasteiger partial charge in [0.1, 0.15) is 11.4 Å². The van der Waals surface area contributed by atoms with Gasteiger partial charge >= 0.3 is 0 Å². The fraction of sp³-hybridized carbons (Fsp3) is 0.435. The van der Waals surface area contributed by atoms with Crippen molar-refractivity contribution in [2.45, 2.75) is 25.7 Å². The third-order valence-electron chi connectivity index (χ3n) is 5.81. The molecule has 1 fully saturated rings. The van der Waals surface area contributed by atoms with Gasteiger partial charge < -0.3 is 14.5 Å². The zero-order valence-corrected chi connectivity index (χ0v) is 20.5. The summed E-state index contributed by atoms with van der Waals surface area (Å²) in [7, 11) is -3.81. The van der Waals surface area contributed by atoms with Crippen LogP contribution >= 0.6 is 0 Å². The lowest BCUT2D eigenvalue weighted by Gasteiger charge is -2.36. The predicted octanol–water partition coefficient (Wildman–Crippen LogP) is 2.99. The minimum atomic E-state index is -3.81. The summed E-state index contributed by atoms with van der Waals surface area (Å²) in [4.78, 5) is 27.5. The Morgan fingerprint density at radius 2 is 1.65 bits per heavy atom. The maximum absolute atomic E-state index is 12.9. The summed E-state index contributed by atoms with van der Waals surface area (Å²) in [6, 6.07) is 11.0. The molecule has 0 aliphatic carbocycles. The molecule has 2 aromatic carbocycles. The molecule has 0 N–H and O–H groups in total. The number of nitro benzene ring substituents is 1. The number of rotatable bonds is 9. The maximum Gasteiger partial charge on any atom is 0.293 e. The van der Waals surface area contributed by atoms with Crippen LogP contribution in [0.25, 0.3) is 0 Å². The van der Waals surface area contributed by atoms with E-state index >= 15 is 0 Å². The highest BCUT2D eigenvalue weighted by Gasteiger charge is 2.30. The van der Waals surface area contributed by atoms with Crippen LogP contribution < -0.4 is 9.64 Å². The van der Waals surface area contributed by atoms with Crippen LogP contribution in [-0.4, -0.2) is 74.3 Å². The standard InChI is InChI=1S/C23H30N4O6S/c1-4-26(5-2)34(31,32)20-11-12-21(22(17-20)27(29)30)24-13-15-25(16-14-24)23(28)18-7-9-19(10-8-18)33-6-3/h7-12,17H,4-6,13-16H2,1-3H3. The third-order valence-corrected chi connectivity index (χ3v) is 7.85. The Bertz CT molecular complexity index is 1120. The summed E-state index contributed by atoms with van der Waals surface area (Å²) in [6.45, 7) is 8.00. The van der Waals surface area contributed by atoms with Gasteiger partial charge in [0.25, 0.3) is 11.6 Å². The quantitative estimate of drug-likeness (QED) is 0.392. The van der Waals surface area contributed by atoms with Gasteiger partial charge in [-0.15, -0.1) is 0 Å². The molecule has 184 valence electrons. The summed E-state index contributed by atoms with van der Waals surface area (Å²) >= 11 is 0. The maximum atomic E-state index is 12.9. The number of ether oxygens (including phenoxy) is 1. The summed E-state index contributed by atoms with van der Waals surface area (Å²) in [5.74, 6) is 0.584. The van der Waals surface area contributed by atoms with Gasteiger partial charge in [-0.25, -0.2) is 8.42 Å². The Hall–Kier alpha value is -3.18. The molecule has 0 spiro atoms. The van der Waals surface area contributed by atoms with Gasteiger partial charge in [0.15, 0.2) is 0 Å². The fourth-order valence-corrected chi connectivity index (χ4v) is 5.46. The van der Waals surface area contributed by atoms with Gasteiger partial charge in [0, 0.05) is 50.9 Å². The summed E-state index contributed by atoms with van der Waals surface area (Å²) < 4.78 is 32.3. The summed E-state index contributed by atoms with van der Waals surface area (Å²) in [5, 5.41) is 11.8. The average molecular weight is 491 g/mol. The van der Waals surface area contributed by atoms with Crippen molar-refractivity contribution in [3.63, 3.8) is 0 Å². The van der Waals surface area contributed by atoms with Crippen molar-refractivity contribution in [3.05, 3.63) is 58.1 Å². The molecule has 0 saturated carbocycles. The van der Waals surface area contributed by atoms with E-state index in [2.05, 4.69) is 0 Å². The zero-order chi connectivity index (χ0) is 24.9. The van der Waals surface area contributed by atoms with Crippen LogP contribution in [0.2, 0.25) is 0 Å². The SMILES string of the molecule is CCOc1ccc(C(=O)N2CCN(c3ccc(S(=O)(=O)N(CC)CC)cc3[N+](=O)[O-])CC2)cc1. The Balaban J connectivity index is 1.75. The molecule has 1 amide bonds. The van der Waals surface area contributed by atoms with Crippen molar-refractivity contribution < 1.29 is 22.9 Å². The lowest BCUT2D eigenvalue weighted by molar-refractivity contribution is -0.384. The van der Waals surface area contributed by atoms with Crippen LogP contribution in [0.3, 0.4) is 0 Å². The second kappa shape index (κ2) is 10.8. The molecule has 34 heavy (non-hydrogen) atoms. The van der Waals surface area contributed by atoms with Crippen LogP contribution in [0, 0.1) is 10.1 Å². The molecular formula is C23H30N4O6S. The monoisotopic (exact) mass is 490 g/mol. The van der Waals surface area contributed by atoms with E-state index in [9.17, 15) is 23.3 Å². The minimum absolute atomic E-state index is 0.101. The van der Waals surface area contributed by atoms with Crippen LogP contribution in [-0.2, 0) is 10.0 Å². The molecule has 1 aliphatic heterocycles. The normalized spacial score (nSPS) is 14.4. The number of nitro groups is 1. The number of hydrogen-bond acceptors (Lipinski definition) is 7. The second-order valence-corrected chi connectivity index (χ2v) is 9.67. The van der Waals surface area contributed by atoms with Crippen molar-refractivity contribution in [2.24, 2.45) is 0 Å². The molecule has 0 unspecified atom stereocenters. The number of hydrogen-bond donors (Lipinski definition) is 0. The topological polar surface area (TPSA) is 113 Å². The van der Waals surface area contributed by atoms with Crippen LogP contribution in [0.5, 0.6) is 5.75 Å². The van der Waals surface area contributed by atoms with Crippen molar-refractivity contribution in [1.82, 2.24) is 9.21 Å². The van der Waals surface area contributed by atoms with Gasteiger partial charge in [-0.3, -0.25) is 14.9 Å². The van der Waals surface area contributed by atoms with E-state index in [4.69, 9.17) is 4.74 Å². The van der Waals surface area contributed by atoms with Gasteiger partial charge in [0.2, 0.25) is 10.0 Å². The molecule has 0 atom stereocenters. The Kier molecular flexibility index (Phi) is 8.11. The van der Waals surface area contributed by atoms with E-state index in [1.54, 1.807) is 43.0 Å². The predicted molar refractivity (Wildman–Crippen MR) is 129 cm³/mol. The van der Waals surface area contributed by atoms with E-state index in [-0.39, 0.29) is 29.6 Å². The van der Waals surface area contributed by atoms with Crippen molar-refractivity contribution >= 4 is 27.3 Å². The first-order valence-electron chi connectivity index (χ1n) is 11.3. The summed E-state index contributed by atoms with van der Waals surface area (Å²) in [6.07, 6.45) is 0. The molecule has 0 radical (unpaired) electrons. The van der Waals surface area contributed by atoms with Gasteiger partial charge in [0.05, 0.1) is 16.4 Å². The van der Waals surface area contributed by atoms with E-state index in [0.717, 1.165) is 6.07 Å². The third kappa shape index (κ3) is 5.31.